The Morgan fingerprint density at radius 2 is 1.80 bits per heavy atom. The first-order valence-corrected chi connectivity index (χ1v) is 10.1. The lowest BCUT2D eigenvalue weighted by molar-refractivity contribution is 0.122. The molecule has 0 radical (unpaired) electrons. The summed E-state index contributed by atoms with van der Waals surface area (Å²) < 4.78 is 33.1. The van der Waals surface area contributed by atoms with Crippen LogP contribution in [0.1, 0.15) is 11.1 Å². The van der Waals surface area contributed by atoms with E-state index in [1.54, 1.807) is 24.3 Å². The highest BCUT2D eigenvalue weighted by atomic mass is 35.5. The van der Waals surface area contributed by atoms with Crippen molar-refractivity contribution in [2.45, 2.75) is 12.7 Å². The van der Waals surface area contributed by atoms with Gasteiger partial charge in [0.1, 0.15) is 0 Å². The average Bonchev–Trinajstić information content (AvgIpc) is 2.59. The van der Waals surface area contributed by atoms with Gasteiger partial charge in [0.15, 0.2) is 0 Å². The van der Waals surface area contributed by atoms with Crippen LogP contribution < -0.4 is 9.62 Å². The topological polar surface area (TPSA) is 58.6 Å². The highest BCUT2D eigenvalue weighted by Gasteiger charge is 2.16. The second kappa shape index (κ2) is 7.64. The van der Waals surface area contributed by atoms with E-state index in [1.165, 1.54) is 0 Å². The Balaban J connectivity index is 1.77. The Hall–Kier alpha value is -1.76. The van der Waals surface area contributed by atoms with Gasteiger partial charge >= 0.3 is 0 Å². The number of ether oxygens (including phenoxy) is 1. The average molecular weight is 381 g/mol. The van der Waals surface area contributed by atoms with Gasteiger partial charge in [-0.3, -0.25) is 4.72 Å². The molecule has 25 heavy (non-hydrogen) atoms. The molecule has 0 bridgehead atoms. The van der Waals surface area contributed by atoms with Gasteiger partial charge in [0.05, 0.1) is 24.7 Å². The zero-order valence-corrected chi connectivity index (χ0v) is 15.6. The highest BCUT2D eigenvalue weighted by Crippen LogP contribution is 2.25. The number of nitrogens with one attached hydrogen (secondary N) is 1. The van der Waals surface area contributed by atoms with E-state index in [-0.39, 0.29) is 5.75 Å². The summed E-state index contributed by atoms with van der Waals surface area (Å²) in [4.78, 5) is 2.19. The quantitative estimate of drug-likeness (QED) is 0.863. The molecular weight excluding hydrogens is 360 g/mol. The SMILES string of the molecule is Cc1ccc(N2CCOCC2)cc1NS(=O)(=O)Cc1ccc(Cl)cc1. The molecule has 1 aliphatic heterocycles. The van der Waals surface area contributed by atoms with Gasteiger partial charge < -0.3 is 9.64 Å². The Labute approximate surface area is 153 Å². The molecule has 7 heteroatoms. The van der Waals surface area contributed by atoms with Crippen LogP contribution in [0.2, 0.25) is 5.02 Å². The molecule has 1 N–H and O–H groups in total. The lowest BCUT2D eigenvalue weighted by Gasteiger charge is -2.29. The fourth-order valence-electron chi connectivity index (χ4n) is 2.74. The molecule has 2 aromatic carbocycles. The van der Waals surface area contributed by atoms with Crippen LogP contribution in [0.25, 0.3) is 0 Å². The number of hydrogen-bond donors (Lipinski definition) is 1. The molecule has 0 saturated carbocycles. The van der Waals surface area contributed by atoms with Crippen LogP contribution in [-0.2, 0) is 20.5 Å². The third-order valence-corrected chi connectivity index (χ3v) is 5.63. The third kappa shape index (κ3) is 4.87. The number of halogens is 1. The standard InChI is InChI=1S/C18H21ClN2O3S/c1-14-2-7-17(21-8-10-24-11-9-21)12-18(14)20-25(22,23)13-15-3-5-16(19)6-4-15/h2-7,12,20H,8-11,13H2,1H3. The normalized spacial score (nSPS) is 15.2. The van der Waals surface area contributed by atoms with Gasteiger partial charge in [-0.05, 0) is 42.3 Å². The number of hydrogen-bond acceptors (Lipinski definition) is 4. The first kappa shape index (κ1) is 18.0. The summed E-state index contributed by atoms with van der Waals surface area (Å²) in [6.45, 7) is 4.88. The van der Waals surface area contributed by atoms with Gasteiger partial charge in [-0.25, -0.2) is 8.42 Å². The Morgan fingerprint density at radius 3 is 2.48 bits per heavy atom. The minimum Gasteiger partial charge on any atom is -0.378 e. The number of nitrogens with zero attached hydrogens (tertiary/aromatic N) is 1. The molecule has 1 heterocycles. The minimum absolute atomic E-state index is 0.0919. The maximum Gasteiger partial charge on any atom is 0.236 e. The van der Waals surface area contributed by atoms with Gasteiger partial charge in [0, 0.05) is 23.8 Å². The largest absolute Gasteiger partial charge is 0.378 e. The van der Waals surface area contributed by atoms with Gasteiger partial charge in [0.25, 0.3) is 0 Å². The molecule has 0 aromatic heterocycles. The van der Waals surface area contributed by atoms with E-state index in [1.807, 2.05) is 25.1 Å². The van der Waals surface area contributed by atoms with E-state index in [0.717, 1.165) is 24.3 Å². The molecule has 0 unspecified atom stereocenters. The number of anilines is 2. The predicted molar refractivity (Wildman–Crippen MR) is 102 cm³/mol. The molecule has 0 aliphatic carbocycles. The monoisotopic (exact) mass is 380 g/mol. The summed E-state index contributed by atoms with van der Waals surface area (Å²) in [6.07, 6.45) is 0. The summed E-state index contributed by atoms with van der Waals surface area (Å²) in [5.41, 5.74) is 3.19. The zero-order chi connectivity index (χ0) is 17.9. The maximum atomic E-state index is 12.5. The Kier molecular flexibility index (Phi) is 5.51. The van der Waals surface area contributed by atoms with E-state index < -0.39 is 10.0 Å². The second-order valence-corrected chi connectivity index (χ2v) is 8.24. The number of morpholine rings is 1. The predicted octanol–water partition coefficient (Wildman–Crippen LogP) is 3.43. The van der Waals surface area contributed by atoms with Crippen LogP contribution in [0.3, 0.4) is 0 Å². The van der Waals surface area contributed by atoms with Crippen molar-refractivity contribution in [2.75, 3.05) is 35.9 Å². The van der Waals surface area contributed by atoms with Gasteiger partial charge in [-0.1, -0.05) is 29.8 Å². The number of sulfonamides is 1. The number of rotatable bonds is 5. The molecule has 1 saturated heterocycles. The van der Waals surface area contributed by atoms with Crippen molar-refractivity contribution in [3.05, 3.63) is 58.6 Å². The summed E-state index contributed by atoms with van der Waals surface area (Å²) in [5, 5.41) is 0.586. The lowest BCUT2D eigenvalue weighted by Crippen LogP contribution is -2.36. The fraction of sp³-hybridized carbons (Fsp3) is 0.333. The van der Waals surface area contributed by atoms with E-state index in [4.69, 9.17) is 16.3 Å². The maximum absolute atomic E-state index is 12.5. The Morgan fingerprint density at radius 1 is 1.12 bits per heavy atom. The van der Waals surface area contributed by atoms with Crippen molar-refractivity contribution in [1.82, 2.24) is 0 Å². The van der Waals surface area contributed by atoms with Gasteiger partial charge in [-0.15, -0.1) is 0 Å². The van der Waals surface area contributed by atoms with Gasteiger partial charge in [0.2, 0.25) is 10.0 Å². The second-order valence-electron chi connectivity index (χ2n) is 6.09. The van der Waals surface area contributed by atoms with E-state index >= 15 is 0 Å². The smallest absolute Gasteiger partial charge is 0.236 e. The molecule has 134 valence electrons. The van der Waals surface area contributed by atoms with Crippen molar-refractivity contribution in [2.24, 2.45) is 0 Å². The first-order chi connectivity index (χ1) is 11.9. The van der Waals surface area contributed by atoms with E-state index in [0.29, 0.717) is 29.5 Å². The molecule has 5 nitrogen and oxygen atoms in total. The van der Waals surface area contributed by atoms with Crippen molar-refractivity contribution in [1.29, 1.82) is 0 Å². The molecular formula is C18H21ClN2O3S. The fourth-order valence-corrected chi connectivity index (χ4v) is 4.13. The molecule has 2 aromatic rings. The number of aryl methyl sites for hydroxylation is 1. The lowest BCUT2D eigenvalue weighted by atomic mass is 10.1. The van der Waals surface area contributed by atoms with Crippen LogP contribution >= 0.6 is 11.6 Å². The van der Waals surface area contributed by atoms with E-state index in [2.05, 4.69) is 9.62 Å². The van der Waals surface area contributed by atoms with Crippen LogP contribution in [0.5, 0.6) is 0 Å². The van der Waals surface area contributed by atoms with Crippen LogP contribution in [-0.4, -0.2) is 34.7 Å². The third-order valence-electron chi connectivity index (χ3n) is 4.13. The first-order valence-electron chi connectivity index (χ1n) is 8.11. The molecule has 1 aliphatic rings. The molecule has 0 amide bonds. The van der Waals surface area contributed by atoms with Crippen LogP contribution in [0.4, 0.5) is 11.4 Å². The van der Waals surface area contributed by atoms with Gasteiger partial charge in [-0.2, -0.15) is 0 Å². The minimum atomic E-state index is -3.51. The summed E-state index contributed by atoms with van der Waals surface area (Å²) >= 11 is 5.85. The van der Waals surface area contributed by atoms with Crippen LogP contribution in [0, 0.1) is 6.92 Å². The highest BCUT2D eigenvalue weighted by molar-refractivity contribution is 7.91. The molecule has 0 spiro atoms. The van der Waals surface area contributed by atoms with Crippen LogP contribution in [0.15, 0.2) is 42.5 Å². The molecule has 1 fully saturated rings. The molecule has 3 rings (SSSR count). The van der Waals surface area contributed by atoms with Crippen molar-refractivity contribution >= 4 is 33.0 Å². The van der Waals surface area contributed by atoms with E-state index in [9.17, 15) is 8.42 Å². The Bertz CT molecular complexity index is 832. The number of benzene rings is 2. The summed E-state index contributed by atoms with van der Waals surface area (Å²) in [5.74, 6) is -0.0919. The summed E-state index contributed by atoms with van der Waals surface area (Å²) in [6, 6.07) is 12.7. The molecule has 0 atom stereocenters. The van der Waals surface area contributed by atoms with Crippen molar-refractivity contribution in [3.8, 4) is 0 Å². The van der Waals surface area contributed by atoms with Crippen molar-refractivity contribution < 1.29 is 13.2 Å². The zero-order valence-electron chi connectivity index (χ0n) is 14.0. The van der Waals surface area contributed by atoms with Crippen molar-refractivity contribution in [3.63, 3.8) is 0 Å². The summed E-state index contributed by atoms with van der Waals surface area (Å²) in [7, 11) is -3.51.